The van der Waals surface area contributed by atoms with Crippen LogP contribution in [0, 0.1) is 5.92 Å². The summed E-state index contributed by atoms with van der Waals surface area (Å²) in [5.41, 5.74) is 5.63. The van der Waals surface area contributed by atoms with Crippen molar-refractivity contribution in [3.63, 3.8) is 0 Å². The zero-order valence-electron chi connectivity index (χ0n) is 10.1. The second-order valence-corrected chi connectivity index (χ2v) is 4.73. The molecule has 2 rings (SSSR count). The minimum Gasteiger partial charge on any atom is -0.370 e. The molecule has 1 fully saturated rings. The Morgan fingerprint density at radius 3 is 2.69 bits per heavy atom. The summed E-state index contributed by atoms with van der Waals surface area (Å²) in [5.74, 6) is 1.48. The van der Waals surface area contributed by atoms with Crippen molar-refractivity contribution in [2.24, 2.45) is 11.7 Å². The first kappa shape index (κ1) is 11.5. The molecule has 0 aromatic carbocycles. The standard InChI is InChI=1S/C11H19N3O2/c1-4-15-8(7(2)3)9-13-10(16-14-9)11(12)5-6-11/h7-8H,4-6,12H2,1-3H3. The van der Waals surface area contributed by atoms with E-state index in [9.17, 15) is 0 Å². The van der Waals surface area contributed by atoms with Crippen LogP contribution in [0.25, 0.3) is 0 Å². The molecule has 1 aliphatic carbocycles. The quantitative estimate of drug-likeness (QED) is 0.826. The molecule has 0 saturated heterocycles. The summed E-state index contributed by atoms with van der Waals surface area (Å²) in [5, 5.41) is 3.97. The van der Waals surface area contributed by atoms with Gasteiger partial charge < -0.3 is 15.0 Å². The van der Waals surface area contributed by atoms with Gasteiger partial charge in [0.1, 0.15) is 6.10 Å². The van der Waals surface area contributed by atoms with Crippen molar-refractivity contribution in [2.75, 3.05) is 6.61 Å². The van der Waals surface area contributed by atoms with E-state index in [0.29, 0.717) is 24.2 Å². The van der Waals surface area contributed by atoms with E-state index in [1.54, 1.807) is 0 Å². The Balaban J connectivity index is 2.15. The average Bonchev–Trinajstić information content (AvgIpc) is 2.81. The number of ether oxygens (including phenoxy) is 1. The summed E-state index contributed by atoms with van der Waals surface area (Å²) in [6.45, 7) is 6.75. The molecule has 1 saturated carbocycles. The highest BCUT2D eigenvalue weighted by molar-refractivity contribution is 5.12. The maximum atomic E-state index is 5.99. The lowest BCUT2D eigenvalue weighted by Gasteiger charge is -2.16. The van der Waals surface area contributed by atoms with Crippen LogP contribution in [0.2, 0.25) is 0 Å². The van der Waals surface area contributed by atoms with Crippen molar-refractivity contribution in [3.8, 4) is 0 Å². The van der Waals surface area contributed by atoms with Crippen molar-refractivity contribution in [2.45, 2.75) is 45.3 Å². The van der Waals surface area contributed by atoms with Crippen molar-refractivity contribution in [1.29, 1.82) is 0 Å². The third kappa shape index (κ3) is 2.10. The first-order valence-electron chi connectivity index (χ1n) is 5.81. The van der Waals surface area contributed by atoms with Crippen molar-refractivity contribution in [3.05, 3.63) is 11.7 Å². The van der Waals surface area contributed by atoms with E-state index in [0.717, 1.165) is 12.8 Å². The molecule has 1 aromatic rings. The number of hydrogen-bond donors (Lipinski definition) is 1. The second-order valence-electron chi connectivity index (χ2n) is 4.73. The number of rotatable bonds is 5. The van der Waals surface area contributed by atoms with Gasteiger partial charge in [-0.1, -0.05) is 19.0 Å². The lowest BCUT2D eigenvalue weighted by molar-refractivity contribution is 0.0217. The molecule has 90 valence electrons. The van der Waals surface area contributed by atoms with Crippen LogP contribution >= 0.6 is 0 Å². The molecule has 0 bridgehead atoms. The van der Waals surface area contributed by atoms with Crippen molar-refractivity contribution in [1.82, 2.24) is 10.1 Å². The van der Waals surface area contributed by atoms with Gasteiger partial charge in [-0.15, -0.1) is 0 Å². The minimum absolute atomic E-state index is 0.107. The van der Waals surface area contributed by atoms with E-state index in [1.807, 2.05) is 6.92 Å². The maximum absolute atomic E-state index is 5.99. The van der Waals surface area contributed by atoms with E-state index in [-0.39, 0.29) is 11.6 Å². The van der Waals surface area contributed by atoms with E-state index in [1.165, 1.54) is 0 Å². The number of aromatic nitrogens is 2. The van der Waals surface area contributed by atoms with Crippen LogP contribution in [0.15, 0.2) is 4.52 Å². The molecular weight excluding hydrogens is 206 g/mol. The largest absolute Gasteiger partial charge is 0.370 e. The number of nitrogens with zero attached hydrogens (tertiary/aromatic N) is 2. The van der Waals surface area contributed by atoms with Crippen LogP contribution in [0.1, 0.15) is 51.4 Å². The first-order valence-corrected chi connectivity index (χ1v) is 5.81. The summed E-state index contributed by atoms with van der Waals surface area (Å²) in [7, 11) is 0. The lowest BCUT2D eigenvalue weighted by atomic mass is 10.1. The highest BCUT2D eigenvalue weighted by Crippen LogP contribution is 2.42. The van der Waals surface area contributed by atoms with Gasteiger partial charge in [-0.2, -0.15) is 4.98 Å². The molecule has 5 heteroatoms. The fourth-order valence-corrected chi connectivity index (χ4v) is 1.65. The number of hydrogen-bond acceptors (Lipinski definition) is 5. The minimum atomic E-state index is -0.362. The van der Waals surface area contributed by atoms with Gasteiger partial charge in [0.25, 0.3) is 0 Å². The summed E-state index contributed by atoms with van der Waals surface area (Å²) >= 11 is 0. The van der Waals surface area contributed by atoms with Gasteiger partial charge in [0.15, 0.2) is 0 Å². The van der Waals surface area contributed by atoms with Gasteiger partial charge in [0.05, 0.1) is 5.54 Å². The Morgan fingerprint density at radius 2 is 2.19 bits per heavy atom. The third-order valence-electron chi connectivity index (χ3n) is 2.86. The van der Waals surface area contributed by atoms with Crippen LogP contribution in [-0.4, -0.2) is 16.7 Å². The predicted octanol–water partition coefficient (Wildman–Crippen LogP) is 1.75. The zero-order valence-corrected chi connectivity index (χ0v) is 10.1. The Bertz CT molecular complexity index is 358. The van der Waals surface area contributed by atoms with E-state index < -0.39 is 0 Å². The van der Waals surface area contributed by atoms with Gasteiger partial charge in [-0.3, -0.25) is 0 Å². The van der Waals surface area contributed by atoms with Gasteiger partial charge in [0, 0.05) is 6.61 Å². The third-order valence-corrected chi connectivity index (χ3v) is 2.86. The van der Waals surface area contributed by atoms with E-state index in [2.05, 4.69) is 24.0 Å². The molecule has 1 heterocycles. The highest BCUT2D eigenvalue weighted by Gasteiger charge is 2.46. The molecular formula is C11H19N3O2. The Kier molecular flexibility index (Phi) is 2.99. The molecule has 5 nitrogen and oxygen atoms in total. The topological polar surface area (TPSA) is 74.2 Å². The molecule has 0 radical (unpaired) electrons. The molecule has 1 aliphatic rings. The van der Waals surface area contributed by atoms with Gasteiger partial charge >= 0.3 is 0 Å². The van der Waals surface area contributed by atoms with Crippen LogP contribution in [0.4, 0.5) is 0 Å². The molecule has 1 aromatic heterocycles. The predicted molar refractivity (Wildman–Crippen MR) is 58.6 cm³/mol. The second kappa shape index (κ2) is 4.14. The van der Waals surface area contributed by atoms with Gasteiger partial charge in [-0.25, -0.2) is 0 Å². The van der Waals surface area contributed by atoms with E-state index in [4.69, 9.17) is 15.0 Å². The highest BCUT2D eigenvalue weighted by atomic mass is 16.5. The summed E-state index contributed by atoms with van der Waals surface area (Å²) in [4.78, 5) is 4.36. The molecule has 0 aliphatic heterocycles. The average molecular weight is 225 g/mol. The molecule has 2 N–H and O–H groups in total. The molecule has 1 atom stereocenters. The fraction of sp³-hybridized carbons (Fsp3) is 0.818. The Morgan fingerprint density at radius 1 is 1.50 bits per heavy atom. The van der Waals surface area contributed by atoms with Crippen molar-refractivity contribution < 1.29 is 9.26 Å². The Hall–Kier alpha value is -0.940. The summed E-state index contributed by atoms with van der Waals surface area (Å²) in [6, 6.07) is 0. The van der Waals surface area contributed by atoms with Gasteiger partial charge in [0.2, 0.25) is 11.7 Å². The lowest BCUT2D eigenvalue weighted by Crippen LogP contribution is -2.19. The fourth-order valence-electron chi connectivity index (χ4n) is 1.65. The van der Waals surface area contributed by atoms with Crippen LogP contribution in [-0.2, 0) is 10.3 Å². The van der Waals surface area contributed by atoms with Crippen LogP contribution < -0.4 is 5.73 Å². The maximum Gasteiger partial charge on any atom is 0.246 e. The van der Waals surface area contributed by atoms with Crippen LogP contribution in [0.5, 0.6) is 0 Å². The first-order chi connectivity index (χ1) is 7.57. The number of nitrogens with two attached hydrogens (primary N) is 1. The SMILES string of the molecule is CCOC(c1noc(C2(N)CC2)n1)C(C)C. The normalized spacial score (nSPS) is 20.1. The molecule has 0 amide bonds. The van der Waals surface area contributed by atoms with E-state index >= 15 is 0 Å². The van der Waals surface area contributed by atoms with Crippen molar-refractivity contribution >= 4 is 0 Å². The van der Waals surface area contributed by atoms with Gasteiger partial charge in [-0.05, 0) is 25.7 Å². The monoisotopic (exact) mass is 225 g/mol. The Labute approximate surface area is 95.3 Å². The molecule has 16 heavy (non-hydrogen) atoms. The summed E-state index contributed by atoms with van der Waals surface area (Å²) < 4.78 is 10.8. The summed E-state index contributed by atoms with van der Waals surface area (Å²) in [6.07, 6.45) is 1.75. The molecule has 1 unspecified atom stereocenters. The van der Waals surface area contributed by atoms with Crippen LogP contribution in [0.3, 0.4) is 0 Å². The molecule has 0 spiro atoms. The zero-order chi connectivity index (χ0) is 11.8. The smallest absolute Gasteiger partial charge is 0.246 e.